The van der Waals surface area contributed by atoms with Gasteiger partial charge in [-0.2, -0.15) is 0 Å². The van der Waals surface area contributed by atoms with Crippen molar-refractivity contribution in [3.8, 4) is 0 Å². The van der Waals surface area contributed by atoms with Gasteiger partial charge >= 0.3 is 0 Å². The Morgan fingerprint density at radius 3 is 2.74 bits per heavy atom. The quantitative estimate of drug-likeness (QED) is 0.784. The van der Waals surface area contributed by atoms with E-state index in [1.54, 1.807) is 7.11 Å². The molecule has 4 rings (SSSR count). The van der Waals surface area contributed by atoms with Gasteiger partial charge in [0.05, 0.1) is 17.5 Å². The van der Waals surface area contributed by atoms with Gasteiger partial charge in [-0.15, -0.1) is 0 Å². The van der Waals surface area contributed by atoms with Gasteiger partial charge in [-0.3, -0.25) is 0 Å². The van der Waals surface area contributed by atoms with Crippen molar-refractivity contribution in [2.75, 3.05) is 31.0 Å². The average molecular weight is 343 g/mol. The molecule has 0 unspecified atom stereocenters. The van der Waals surface area contributed by atoms with Gasteiger partial charge in [0.15, 0.2) is 0 Å². The number of fused-ring (bicyclic) bond motifs is 5. The Bertz CT molecular complexity index is 878. The van der Waals surface area contributed by atoms with Crippen LogP contribution in [0.25, 0.3) is 0 Å². The fraction of sp³-hybridized carbons (Fsp3) is 0.235. The molecular weight excluding hydrogens is 325 g/mol. The van der Waals surface area contributed by atoms with Crippen LogP contribution < -0.4 is 15.1 Å². The summed E-state index contributed by atoms with van der Waals surface area (Å²) in [6.45, 7) is 0.831. The van der Waals surface area contributed by atoms with Crippen molar-refractivity contribution in [2.45, 2.75) is 6.54 Å². The molecule has 0 spiro atoms. The summed E-state index contributed by atoms with van der Waals surface area (Å²) in [6, 6.07) is 14.7. The van der Waals surface area contributed by atoms with Crippen molar-refractivity contribution in [2.24, 2.45) is 4.76 Å². The van der Waals surface area contributed by atoms with Crippen LogP contribution in [0.2, 0.25) is 0 Å². The standard InChI is InChI=1S/C17H18N3OPS/c1-19(2)13-8-9-16-15(10-13)20-11-12-6-4-5-7-14(12)17(20)18-22(16,23)21-3/h4-10H,11H2,1-3H3/t22-/m1/s1. The molecule has 2 aromatic rings. The molecule has 2 aliphatic rings. The van der Waals surface area contributed by atoms with Crippen molar-refractivity contribution >= 4 is 40.7 Å². The predicted octanol–water partition coefficient (Wildman–Crippen LogP) is 3.11. The first-order chi connectivity index (χ1) is 11.0. The summed E-state index contributed by atoms with van der Waals surface area (Å²) >= 11 is 5.83. The zero-order valence-electron chi connectivity index (χ0n) is 13.4. The molecule has 4 nitrogen and oxygen atoms in total. The van der Waals surface area contributed by atoms with E-state index < -0.39 is 6.42 Å². The van der Waals surface area contributed by atoms with Crippen molar-refractivity contribution in [3.05, 3.63) is 53.6 Å². The van der Waals surface area contributed by atoms with Gasteiger partial charge in [-0.1, -0.05) is 24.3 Å². The molecule has 0 aliphatic carbocycles. The molecule has 0 fully saturated rings. The molecule has 6 heteroatoms. The second kappa shape index (κ2) is 5.17. The lowest BCUT2D eigenvalue weighted by atomic mass is 10.1. The molecule has 2 heterocycles. The summed E-state index contributed by atoms with van der Waals surface area (Å²) in [6.07, 6.45) is -2.40. The third kappa shape index (κ3) is 2.15. The molecule has 2 aliphatic heterocycles. The summed E-state index contributed by atoms with van der Waals surface area (Å²) in [4.78, 5) is 4.36. The van der Waals surface area contributed by atoms with Gasteiger partial charge in [-0.25, -0.2) is 4.76 Å². The van der Waals surface area contributed by atoms with Crippen LogP contribution >= 0.6 is 6.42 Å². The van der Waals surface area contributed by atoms with Crippen molar-refractivity contribution in [1.29, 1.82) is 0 Å². The van der Waals surface area contributed by atoms with Crippen LogP contribution in [0.1, 0.15) is 11.1 Å². The number of rotatable bonds is 2. The summed E-state index contributed by atoms with van der Waals surface area (Å²) in [5.41, 5.74) is 4.73. The molecule has 0 saturated carbocycles. The van der Waals surface area contributed by atoms with Crippen LogP contribution in [-0.4, -0.2) is 27.0 Å². The van der Waals surface area contributed by atoms with E-state index in [0.29, 0.717) is 0 Å². The summed E-state index contributed by atoms with van der Waals surface area (Å²) in [5.74, 6) is 0.953. The van der Waals surface area contributed by atoms with E-state index in [0.717, 1.165) is 29.1 Å². The van der Waals surface area contributed by atoms with Crippen LogP contribution in [-0.2, 0) is 22.9 Å². The highest BCUT2D eigenvalue weighted by atomic mass is 32.4. The smallest absolute Gasteiger partial charge is 0.208 e. The number of benzene rings is 2. The predicted molar refractivity (Wildman–Crippen MR) is 101 cm³/mol. The van der Waals surface area contributed by atoms with Gasteiger partial charge in [0.2, 0.25) is 6.42 Å². The Kier molecular flexibility index (Phi) is 3.34. The Morgan fingerprint density at radius 1 is 1.22 bits per heavy atom. The van der Waals surface area contributed by atoms with Crippen LogP contribution in [0.3, 0.4) is 0 Å². The highest BCUT2D eigenvalue weighted by Crippen LogP contribution is 2.54. The minimum Gasteiger partial charge on any atom is -0.378 e. The fourth-order valence-corrected chi connectivity index (χ4v) is 5.42. The summed E-state index contributed by atoms with van der Waals surface area (Å²) < 4.78 is 10.6. The fourth-order valence-electron chi connectivity index (χ4n) is 3.14. The summed E-state index contributed by atoms with van der Waals surface area (Å²) in [7, 11) is 5.76. The minimum absolute atomic E-state index is 0.831. The first kappa shape index (κ1) is 14.9. The molecule has 2 aromatic carbocycles. The van der Waals surface area contributed by atoms with E-state index in [-0.39, 0.29) is 0 Å². The number of nitrogens with zero attached hydrogens (tertiary/aromatic N) is 3. The topological polar surface area (TPSA) is 28.1 Å². The van der Waals surface area contributed by atoms with E-state index in [1.165, 1.54) is 11.1 Å². The van der Waals surface area contributed by atoms with Gasteiger partial charge in [-0.05, 0) is 35.6 Å². The molecule has 0 amide bonds. The molecule has 118 valence electrons. The maximum atomic E-state index is 5.83. The third-order valence-corrected chi connectivity index (χ3v) is 7.60. The normalized spacial score (nSPS) is 21.3. The first-order valence-electron chi connectivity index (χ1n) is 7.47. The Labute approximate surface area is 141 Å². The molecule has 0 radical (unpaired) electrons. The summed E-state index contributed by atoms with van der Waals surface area (Å²) in [5, 5.41) is 1.04. The lowest BCUT2D eigenvalue weighted by Gasteiger charge is -2.32. The van der Waals surface area contributed by atoms with Crippen molar-refractivity contribution in [3.63, 3.8) is 0 Å². The van der Waals surface area contributed by atoms with Gasteiger partial charge in [0.25, 0.3) is 0 Å². The van der Waals surface area contributed by atoms with E-state index in [4.69, 9.17) is 21.1 Å². The molecule has 0 bridgehead atoms. The third-order valence-electron chi connectivity index (χ3n) is 4.39. The lowest BCUT2D eigenvalue weighted by molar-refractivity contribution is 0.466. The molecule has 1 atom stereocenters. The molecule has 0 saturated heterocycles. The Morgan fingerprint density at radius 2 is 2.00 bits per heavy atom. The van der Waals surface area contributed by atoms with Crippen LogP contribution in [0.5, 0.6) is 0 Å². The Hall–Kier alpha value is -1.68. The van der Waals surface area contributed by atoms with E-state index in [1.807, 2.05) is 20.2 Å². The van der Waals surface area contributed by atoms with E-state index in [9.17, 15) is 0 Å². The molecule has 0 N–H and O–H groups in total. The lowest BCUT2D eigenvalue weighted by Crippen LogP contribution is -2.33. The number of amidine groups is 1. The molecular formula is C17H18N3OPS. The van der Waals surface area contributed by atoms with Crippen LogP contribution in [0.15, 0.2) is 47.2 Å². The maximum absolute atomic E-state index is 5.83. The van der Waals surface area contributed by atoms with Crippen LogP contribution in [0.4, 0.5) is 11.4 Å². The Balaban J connectivity index is 1.96. The highest BCUT2D eigenvalue weighted by molar-refractivity contribution is 8.15. The average Bonchev–Trinajstić information content (AvgIpc) is 2.93. The maximum Gasteiger partial charge on any atom is 0.208 e. The largest absolute Gasteiger partial charge is 0.378 e. The monoisotopic (exact) mass is 343 g/mol. The number of hydrogen-bond donors (Lipinski definition) is 0. The van der Waals surface area contributed by atoms with Gasteiger partial charge in [0, 0.05) is 32.5 Å². The first-order valence-corrected chi connectivity index (χ1v) is 10.1. The SMILES string of the molecule is CO[P@]1(=S)N=C2c3ccccc3CN2c2cc(N(C)C)ccc21. The zero-order chi connectivity index (χ0) is 16.2. The molecule has 23 heavy (non-hydrogen) atoms. The van der Waals surface area contributed by atoms with E-state index >= 15 is 0 Å². The van der Waals surface area contributed by atoms with Crippen molar-refractivity contribution < 1.29 is 4.52 Å². The molecule has 0 aromatic heterocycles. The number of hydrogen-bond acceptors (Lipinski definition) is 4. The second-order valence-electron chi connectivity index (χ2n) is 5.94. The zero-order valence-corrected chi connectivity index (χ0v) is 15.1. The van der Waals surface area contributed by atoms with Gasteiger partial charge < -0.3 is 14.3 Å². The van der Waals surface area contributed by atoms with E-state index in [2.05, 4.69) is 46.2 Å². The van der Waals surface area contributed by atoms with Crippen molar-refractivity contribution in [1.82, 2.24) is 0 Å². The number of anilines is 2. The highest BCUT2D eigenvalue weighted by Gasteiger charge is 2.37. The minimum atomic E-state index is -2.40. The van der Waals surface area contributed by atoms with Gasteiger partial charge in [0.1, 0.15) is 5.84 Å². The second-order valence-corrected chi connectivity index (χ2v) is 9.51. The van der Waals surface area contributed by atoms with Crippen LogP contribution in [0, 0.1) is 0 Å².